The quantitative estimate of drug-likeness (QED) is 0.168. The van der Waals surface area contributed by atoms with E-state index in [-0.39, 0.29) is 40.3 Å². The van der Waals surface area contributed by atoms with Crippen molar-refractivity contribution in [1.82, 2.24) is 4.90 Å². The first-order valence-corrected chi connectivity index (χ1v) is 13.2. The number of nitro groups is 1. The van der Waals surface area contributed by atoms with E-state index in [1.165, 1.54) is 43.5 Å². The van der Waals surface area contributed by atoms with Crippen molar-refractivity contribution in [3.63, 3.8) is 0 Å². The molecule has 1 fully saturated rings. The molecule has 13 heteroatoms. The molecule has 1 saturated heterocycles. The summed E-state index contributed by atoms with van der Waals surface area (Å²) in [7, 11) is 1.40. The zero-order valence-electron chi connectivity index (χ0n) is 21.1. The van der Waals surface area contributed by atoms with Crippen molar-refractivity contribution in [3.8, 4) is 11.5 Å². The summed E-state index contributed by atoms with van der Waals surface area (Å²) in [6.45, 7) is 1.46. The Bertz CT molecular complexity index is 1540. The first-order valence-electron chi connectivity index (χ1n) is 11.6. The number of methoxy groups -OCH3 is 1. The largest absolute Gasteiger partial charge is 0.493 e. The number of non-ortho nitro benzene ring substituents is 1. The van der Waals surface area contributed by atoms with E-state index in [2.05, 4.69) is 5.32 Å². The fourth-order valence-electron chi connectivity index (χ4n) is 3.66. The van der Waals surface area contributed by atoms with Crippen LogP contribution in [-0.4, -0.2) is 40.6 Å². The summed E-state index contributed by atoms with van der Waals surface area (Å²) in [5, 5.41) is 13.7. The number of thioether (sulfide) groups is 1. The van der Waals surface area contributed by atoms with Crippen molar-refractivity contribution in [2.45, 2.75) is 13.5 Å². The number of benzene rings is 3. The molecule has 0 aromatic heterocycles. The van der Waals surface area contributed by atoms with Crippen molar-refractivity contribution < 1.29 is 28.8 Å². The summed E-state index contributed by atoms with van der Waals surface area (Å²) in [5.74, 6) is -0.611. The SMILES string of the molecule is COc1cc(/C=C2\SC(=O)N(Cc3ccc([N+](=O)[O-])cc3)C2=O)cc(Cl)c1OCC(=O)Nc1ccc(C)c(Cl)c1. The Morgan fingerprint density at radius 2 is 1.82 bits per heavy atom. The highest BCUT2D eigenvalue weighted by atomic mass is 35.5. The minimum absolute atomic E-state index is 0.0340. The van der Waals surface area contributed by atoms with E-state index in [9.17, 15) is 24.5 Å². The molecule has 0 unspecified atom stereocenters. The number of carbonyl (C=O) groups is 3. The van der Waals surface area contributed by atoms with Gasteiger partial charge in [-0.05, 0) is 65.7 Å². The van der Waals surface area contributed by atoms with Gasteiger partial charge in [-0.1, -0.05) is 41.4 Å². The third kappa shape index (κ3) is 6.74. The highest BCUT2D eigenvalue weighted by molar-refractivity contribution is 8.18. The van der Waals surface area contributed by atoms with Gasteiger partial charge in [0.2, 0.25) is 0 Å². The maximum atomic E-state index is 12.9. The zero-order chi connectivity index (χ0) is 29.0. The van der Waals surface area contributed by atoms with Crippen molar-refractivity contribution in [1.29, 1.82) is 0 Å². The van der Waals surface area contributed by atoms with Gasteiger partial charge >= 0.3 is 0 Å². The molecule has 40 heavy (non-hydrogen) atoms. The number of nitrogens with zero attached hydrogens (tertiary/aromatic N) is 2. The molecule has 3 aromatic carbocycles. The lowest BCUT2D eigenvalue weighted by Crippen LogP contribution is -2.27. The summed E-state index contributed by atoms with van der Waals surface area (Å²) < 4.78 is 11.0. The van der Waals surface area contributed by atoms with Crippen LogP contribution in [0.15, 0.2) is 59.5 Å². The number of amides is 3. The normalized spacial score (nSPS) is 14.0. The molecule has 0 saturated carbocycles. The summed E-state index contributed by atoms with van der Waals surface area (Å²) >= 11 is 13.3. The van der Waals surface area contributed by atoms with Crippen molar-refractivity contribution in [3.05, 3.63) is 96.4 Å². The molecule has 3 aromatic rings. The molecule has 0 bridgehead atoms. The molecular weight excluding hydrogens is 581 g/mol. The average Bonchev–Trinajstić information content (AvgIpc) is 3.17. The van der Waals surface area contributed by atoms with Crippen LogP contribution in [0, 0.1) is 17.0 Å². The number of nitrogens with one attached hydrogen (secondary N) is 1. The van der Waals surface area contributed by atoms with E-state index >= 15 is 0 Å². The number of rotatable bonds is 9. The predicted octanol–water partition coefficient (Wildman–Crippen LogP) is 6.47. The van der Waals surface area contributed by atoms with E-state index in [1.54, 1.807) is 24.3 Å². The Kier molecular flexibility index (Phi) is 8.98. The van der Waals surface area contributed by atoms with Crippen molar-refractivity contribution in [2.75, 3.05) is 19.0 Å². The van der Waals surface area contributed by atoms with Gasteiger partial charge in [-0.25, -0.2) is 0 Å². The molecule has 1 N–H and O–H groups in total. The van der Waals surface area contributed by atoms with Crippen LogP contribution in [0.3, 0.4) is 0 Å². The molecule has 0 radical (unpaired) electrons. The van der Waals surface area contributed by atoms with E-state index < -0.39 is 22.0 Å². The highest BCUT2D eigenvalue weighted by Crippen LogP contribution is 2.39. The van der Waals surface area contributed by atoms with Crippen molar-refractivity contribution in [2.24, 2.45) is 0 Å². The van der Waals surface area contributed by atoms with Gasteiger partial charge in [0.25, 0.3) is 22.7 Å². The lowest BCUT2D eigenvalue weighted by molar-refractivity contribution is -0.384. The van der Waals surface area contributed by atoms with Gasteiger partial charge in [0.05, 0.1) is 28.5 Å². The fourth-order valence-corrected chi connectivity index (χ4v) is 4.95. The number of anilines is 1. The van der Waals surface area contributed by atoms with Gasteiger partial charge in [-0.2, -0.15) is 0 Å². The topological polar surface area (TPSA) is 128 Å². The van der Waals surface area contributed by atoms with Crippen LogP contribution in [0.5, 0.6) is 11.5 Å². The summed E-state index contributed by atoms with van der Waals surface area (Å²) in [5.41, 5.74) is 2.33. The first-order chi connectivity index (χ1) is 19.0. The Hall–Kier alpha value is -4.06. The Morgan fingerprint density at radius 1 is 1.10 bits per heavy atom. The summed E-state index contributed by atoms with van der Waals surface area (Å²) in [4.78, 5) is 49.4. The molecule has 206 valence electrons. The standard InChI is InChI=1S/C27H21Cl2N3O7S/c1-15-3-6-18(12-20(15)28)30-24(33)14-39-25-21(29)9-17(10-22(25)38-2)11-23-26(34)31(27(35)40-23)13-16-4-7-19(8-5-16)32(36)37/h3-12H,13-14H2,1-2H3,(H,30,33)/b23-11-. The molecule has 0 atom stereocenters. The highest BCUT2D eigenvalue weighted by Gasteiger charge is 2.35. The first kappa shape index (κ1) is 28.9. The maximum absolute atomic E-state index is 12.9. The molecular formula is C27H21Cl2N3O7S. The van der Waals surface area contributed by atoms with Crippen LogP contribution >= 0.6 is 35.0 Å². The molecule has 1 heterocycles. The van der Waals surface area contributed by atoms with Crippen LogP contribution in [0.25, 0.3) is 6.08 Å². The lowest BCUT2D eigenvalue weighted by atomic mass is 10.1. The second kappa shape index (κ2) is 12.4. The number of halogens is 2. The summed E-state index contributed by atoms with van der Waals surface area (Å²) in [6, 6.07) is 13.8. The molecule has 1 aliphatic heterocycles. The maximum Gasteiger partial charge on any atom is 0.293 e. The molecule has 1 aliphatic rings. The number of ether oxygens (including phenoxy) is 2. The van der Waals surface area contributed by atoms with Gasteiger partial charge in [-0.15, -0.1) is 0 Å². The fraction of sp³-hybridized carbons (Fsp3) is 0.148. The van der Waals surface area contributed by atoms with Crippen LogP contribution in [0.2, 0.25) is 10.0 Å². The third-order valence-electron chi connectivity index (χ3n) is 5.71. The van der Waals surface area contributed by atoms with E-state index in [0.717, 1.165) is 22.2 Å². The third-order valence-corrected chi connectivity index (χ3v) is 7.31. The average molecular weight is 602 g/mol. The monoisotopic (exact) mass is 601 g/mol. The van der Waals surface area contributed by atoms with Gasteiger partial charge in [0.15, 0.2) is 18.1 Å². The number of nitro benzene ring substituents is 1. The number of aryl methyl sites for hydroxylation is 1. The molecule has 4 rings (SSSR count). The number of imide groups is 1. The van der Waals surface area contributed by atoms with Gasteiger partial charge in [-0.3, -0.25) is 29.4 Å². The van der Waals surface area contributed by atoms with Gasteiger partial charge < -0.3 is 14.8 Å². The molecule has 10 nitrogen and oxygen atoms in total. The number of carbonyl (C=O) groups excluding carboxylic acids is 3. The van der Waals surface area contributed by atoms with Crippen LogP contribution < -0.4 is 14.8 Å². The smallest absolute Gasteiger partial charge is 0.293 e. The van der Waals surface area contributed by atoms with Crippen LogP contribution in [0.1, 0.15) is 16.7 Å². The lowest BCUT2D eigenvalue weighted by Gasteiger charge is -2.14. The minimum Gasteiger partial charge on any atom is -0.493 e. The van der Waals surface area contributed by atoms with Gasteiger partial charge in [0, 0.05) is 22.8 Å². The number of hydrogen-bond donors (Lipinski definition) is 1. The van der Waals surface area contributed by atoms with Crippen LogP contribution in [-0.2, 0) is 16.1 Å². The summed E-state index contributed by atoms with van der Waals surface area (Å²) in [6.07, 6.45) is 1.49. The molecule has 0 spiro atoms. The molecule has 0 aliphatic carbocycles. The minimum atomic E-state index is -0.529. The Balaban J connectivity index is 1.45. The van der Waals surface area contributed by atoms with E-state index in [1.807, 2.05) is 6.92 Å². The second-order valence-corrected chi connectivity index (χ2v) is 10.3. The predicted molar refractivity (Wildman–Crippen MR) is 153 cm³/mol. The van der Waals surface area contributed by atoms with E-state index in [0.29, 0.717) is 21.8 Å². The molecule has 3 amide bonds. The number of hydrogen-bond acceptors (Lipinski definition) is 8. The second-order valence-electron chi connectivity index (χ2n) is 8.53. The Morgan fingerprint density at radius 3 is 2.48 bits per heavy atom. The van der Waals surface area contributed by atoms with Crippen molar-refractivity contribution >= 4 is 69.5 Å². The Labute approximate surface area is 243 Å². The van der Waals surface area contributed by atoms with Gasteiger partial charge in [0.1, 0.15) is 0 Å². The van der Waals surface area contributed by atoms with E-state index in [4.69, 9.17) is 32.7 Å². The zero-order valence-corrected chi connectivity index (χ0v) is 23.4. The van der Waals surface area contributed by atoms with Crippen LogP contribution in [0.4, 0.5) is 16.2 Å².